The van der Waals surface area contributed by atoms with Crippen LogP contribution in [0.15, 0.2) is 6.20 Å². The quantitative estimate of drug-likeness (QED) is 0.869. The number of hydrogen-bond donors (Lipinski definition) is 1. The number of methoxy groups -OCH3 is 1. The van der Waals surface area contributed by atoms with Crippen LogP contribution in [0.1, 0.15) is 11.1 Å². The van der Waals surface area contributed by atoms with E-state index in [1.54, 1.807) is 0 Å². The van der Waals surface area contributed by atoms with E-state index in [-0.39, 0.29) is 0 Å². The van der Waals surface area contributed by atoms with Gasteiger partial charge in [-0.2, -0.15) is 13.2 Å². The first-order valence-corrected chi connectivity index (χ1v) is 4.69. The number of nitrogens with two attached hydrogens (primary N) is 1. The number of hydrogen-bond acceptors (Lipinski definition) is 4. The summed E-state index contributed by atoms with van der Waals surface area (Å²) >= 11 is 0. The Labute approximate surface area is 103 Å². The molecule has 1 heterocycles. The van der Waals surface area contributed by atoms with Crippen molar-refractivity contribution in [2.45, 2.75) is 19.1 Å². The molecule has 1 rings (SSSR count). The molecule has 0 saturated carbocycles. The van der Waals surface area contributed by atoms with Crippen molar-refractivity contribution in [3.63, 3.8) is 0 Å². The maximum atomic E-state index is 12.8. The van der Waals surface area contributed by atoms with Crippen molar-refractivity contribution in [3.05, 3.63) is 17.3 Å². The maximum absolute atomic E-state index is 12.8. The first kappa shape index (κ1) is 15.3. The van der Waals surface area contributed by atoms with Crippen LogP contribution in [0.3, 0.4) is 0 Å². The molecule has 108 valence electrons. The van der Waals surface area contributed by atoms with Crippen molar-refractivity contribution in [1.29, 1.82) is 0 Å². The van der Waals surface area contributed by atoms with Crippen LogP contribution in [-0.2, 0) is 12.7 Å². The summed E-state index contributed by atoms with van der Waals surface area (Å²) in [5.74, 6) is -1.98. The summed E-state index contributed by atoms with van der Waals surface area (Å²) in [5, 5.41) is 0. The molecule has 10 heteroatoms. The summed E-state index contributed by atoms with van der Waals surface area (Å²) in [4.78, 5) is 3.13. The van der Waals surface area contributed by atoms with Gasteiger partial charge in [-0.15, -0.1) is 13.2 Å². The lowest BCUT2D eigenvalue weighted by Crippen LogP contribution is -2.22. The second kappa shape index (κ2) is 5.11. The molecular weight excluding hydrogens is 282 g/mol. The number of rotatable bonds is 3. The van der Waals surface area contributed by atoms with Gasteiger partial charge in [0.2, 0.25) is 5.88 Å². The zero-order valence-electron chi connectivity index (χ0n) is 9.39. The van der Waals surface area contributed by atoms with Crippen molar-refractivity contribution >= 4 is 0 Å². The Morgan fingerprint density at radius 3 is 2.16 bits per heavy atom. The monoisotopic (exact) mass is 290 g/mol. The van der Waals surface area contributed by atoms with Gasteiger partial charge in [-0.25, -0.2) is 4.98 Å². The van der Waals surface area contributed by atoms with Crippen LogP contribution in [0.2, 0.25) is 0 Å². The minimum atomic E-state index is -5.15. The summed E-state index contributed by atoms with van der Waals surface area (Å²) < 4.78 is 82.4. The van der Waals surface area contributed by atoms with E-state index in [1.807, 2.05) is 0 Å². The van der Waals surface area contributed by atoms with Crippen molar-refractivity contribution in [3.8, 4) is 11.6 Å². The van der Waals surface area contributed by atoms with Gasteiger partial charge in [-0.3, -0.25) is 0 Å². The molecule has 1 aromatic heterocycles. The van der Waals surface area contributed by atoms with Crippen molar-refractivity contribution in [2.24, 2.45) is 5.73 Å². The molecule has 0 bridgehead atoms. The SMILES string of the molecule is COc1ncc(OC(F)(F)F)c(CN)c1C(F)(F)F. The standard InChI is InChI=1S/C9H8F6N2O2/c1-18-7-6(8(10,11)12)4(2-16)5(3-17-7)19-9(13,14)15/h3H,2,16H2,1H3. The zero-order chi connectivity index (χ0) is 14.8. The topological polar surface area (TPSA) is 57.4 Å². The summed E-state index contributed by atoms with van der Waals surface area (Å²) in [5.41, 5.74) is 2.70. The third kappa shape index (κ3) is 3.63. The summed E-state index contributed by atoms with van der Waals surface area (Å²) in [6, 6.07) is 0. The van der Waals surface area contributed by atoms with Crippen LogP contribution in [0.4, 0.5) is 26.3 Å². The fourth-order valence-electron chi connectivity index (χ4n) is 1.37. The Morgan fingerprint density at radius 1 is 1.21 bits per heavy atom. The van der Waals surface area contributed by atoms with E-state index in [9.17, 15) is 26.3 Å². The molecule has 4 nitrogen and oxygen atoms in total. The molecule has 0 unspecified atom stereocenters. The second-order valence-electron chi connectivity index (χ2n) is 3.23. The molecule has 0 radical (unpaired) electrons. The van der Waals surface area contributed by atoms with Gasteiger partial charge in [-0.05, 0) is 0 Å². The first-order valence-electron chi connectivity index (χ1n) is 4.69. The number of pyridine rings is 1. The Morgan fingerprint density at radius 2 is 1.79 bits per heavy atom. The van der Waals surface area contributed by atoms with Crippen molar-refractivity contribution in [2.75, 3.05) is 7.11 Å². The van der Waals surface area contributed by atoms with Crippen LogP contribution in [-0.4, -0.2) is 18.5 Å². The highest BCUT2D eigenvalue weighted by Gasteiger charge is 2.41. The minimum Gasteiger partial charge on any atom is -0.481 e. The summed E-state index contributed by atoms with van der Waals surface area (Å²) in [6.45, 7) is -0.820. The summed E-state index contributed by atoms with van der Waals surface area (Å²) in [6.07, 6.45) is -9.65. The molecule has 0 atom stereocenters. The fraction of sp³-hybridized carbons (Fsp3) is 0.444. The molecule has 0 aliphatic rings. The average Bonchev–Trinajstić information content (AvgIpc) is 2.25. The Balaban J connectivity index is 3.45. The molecule has 0 amide bonds. The van der Waals surface area contributed by atoms with Gasteiger partial charge >= 0.3 is 12.5 Å². The van der Waals surface area contributed by atoms with Crippen LogP contribution in [0, 0.1) is 0 Å². The molecule has 0 aliphatic carbocycles. The molecule has 0 aliphatic heterocycles. The highest BCUT2D eigenvalue weighted by Crippen LogP contribution is 2.41. The molecule has 1 aromatic rings. The van der Waals surface area contributed by atoms with Crippen molar-refractivity contribution in [1.82, 2.24) is 4.98 Å². The molecule has 0 spiro atoms. The Bertz CT molecular complexity index is 457. The predicted octanol–water partition coefficient (Wildman–Crippen LogP) is 2.47. The summed E-state index contributed by atoms with van der Waals surface area (Å²) in [7, 11) is 0.905. The highest BCUT2D eigenvalue weighted by molar-refractivity contribution is 5.45. The van der Waals surface area contributed by atoms with Crippen LogP contribution < -0.4 is 15.2 Å². The van der Waals surface area contributed by atoms with E-state index >= 15 is 0 Å². The largest absolute Gasteiger partial charge is 0.573 e. The maximum Gasteiger partial charge on any atom is 0.573 e. The first-order chi connectivity index (χ1) is 8.60. The van der Waals surface area contributed by atoms with Gasteiger partial charge in [0.15, 0.2) is 5.75 Å². The van der Waals surface area contributed by atoms with Gasteiger partial charge in [0.05, 0.1) is 13.3 Å². The van der Waals surface area contributed by atoms with E-state index in [1.165, 1.54) is 0 Å². The third-order valence-electron chi connectivity index (χ3n) is 2.02. The van der Waals surface area contributed by atoms with Crippen LogP contribution in [0.25, 0.3) is 0 Å². The second-order valence-corrected chi connectivity index (χ2v) is 3.23. The zero-order valence-corrected chi connectivity index (χ0v) is 9.39. The molecule has 0 saturated heterocycles. The lowest BCUT2D eigenvalue weighted by atomic mass is 10.1. The van der Waals surface area contributed by atoms with E-state index in [2.05, 4.69) is 14.5 Å². The normalized spacial score (nSPS) is 12.4. The van der Waals surface area contributed by atoms with Crippen LogP contribution in [0.5, 0.6) is 11.6 Å². The van der Waals surface area contributed by atoms with Crippen molar-refractivity contribution < 1.29 is 35.8 Å². The third-order valence-corrected chi connectivity index (χ3v) is 2.02. The van der Waals surface area contributed by atoms with E-state index in [4.69, 9.17) is 5.73 Å². The van der Waals surface area contributed by atoms with Gasteiger partial charge < -0.3 is 15.2 Å². The Kier molecular flexibility index (Phi) is 4.13. The van der Waals surface area contributed by atoms with Gasteiger partial charge in [0, 0.05) is 12.1 Å². The Hall–Kier alpha value is -1.71. The van der Waals surface area contributed by atoms with Gasteiger partial charge in [0.1, 0.15) is 5.56 Å². The molecular formula is C9H8F6N2O2. The average molecular weight is 290 g/mol. The number of alkyl halides is 6. The minimum absolute atomic E-state index is 0.476. The van der Waals surface area contributed by atoms with Gasteiger partial charge in [-0.1, -0.05) is 0 Å². The van der Waals surface area contributed by atoms with E-state index in [0.29, 0.717) is 6.20 Å². The number of nitrogens with zero attached hydrogens (tertiary/aromatic N) is 1. The number of aromatic nitrogens is 1. The van der Waals surface area contributed by atoms with Crippen LogP contribution >= 0.6 is 0 Å². The highest BCUT2D eigenvalue weighted by atomic mass is 19.4. The number of ether oxygens (including phenoxy) is 2. The molecule has 0 fully saturated rings. The smallest absolute Gasteiger partial charge is 0.481 e. The molecule has 0 aromatic carbocycles. The lowest BCUT2D eigenvalue weighted by Gasteiger charge is -2.18. The lowest BCUT2D eigenvalue weighted by molar-refractivity contribution is -0.275. The molecule has 2 N–H and O–H groups in total. The van der Waals surface area contributed by atoms with E-state index < -0.39 is 41.8 Å². The van der Waals surface area contributed by atoms with Gasteiger partial charge in [0.25, 0.3) is 0 Å². The fourth-order valence-corrected chi connectivity index (χ4v) is 1.37. The predicted molar refractivity (Wildman–Crippen MR) is 50.4 cm³/mol. The van der Waals surface area contributed by atoms with E-state index in [0.717, 1.165) is 7.11 Å². The number of halogens is 6. The molecule has 19 heavy (non-hydrogen) atoms.